The van der Waals surface area contributed by atoms with E-state index in [1.165, 1.54) is 5.69 Å². The minimum Gasteiger partial charge on any atom is -0.477 e. The Kier molecular flexibility index (Phi) is 4.83. The number of hydrogen-bond acceptors (Lipinski definition) is 4. The van der Waals surface area contributed by atoms with Crippen LogP contribution in [0.15, 0.2) is 53.7 Å². The number of allylic oxidation sites excluding steroid dienone is 5. The largest absolute Gasteiger partial charge is 0.477 e. The van der Waals surface area contributed by atoms with E-state index < -0.39 is 0 Å². The molecule has 5 nitrogen and oxygen atoms in total. The molecule has 5 rings (SSSR count). The molecule has 2 aromatic rings. The number of H-pyrrole nitrogens is 1. The van der Waals surface area contributed by atoms with Gasteiger partial charge in [-0.1, -0.05) is 30.4 Å². The van der Waals surface area contributed by atoms with Crippen molar-refractivity contribution >= 4 is 22.6 Å². The molecule has 2 aliphatic heterocycles. The number of aliphatic imine (C=N–C) groups is 1. The summed E-state index contributed by atoms with van der Waals surface area (Å²) in [6.45, 7) is 2.06. The van der Waals surface area contributed by atoms with Crippen molar-refractivity contribution in [3.05, 3.63) is 60.0 Å². The molecule has 0 spiro atoms. The quantitative estimate of drug-likeness (QED) is 0.833. The molecule has 1 fully saturated rings. The highest BCUT2D eigenvalue weighted by atomic mass is 16.5. The van der Waals surface area contributed by atoms with Crippen LogP contribution in [0.2, 0.25) is 0 Å². The van der Waals surface area contributed by atoms with Crippen molar-refractivity contribution in [1.82, 2.24) is 15.3 Å². The highest BCUT2D eigenvalue weighted by Crippen LogP contribution is 2.29. The average molecular weight is 374 g/mol. The van der Waals surface area contributed by atoms with E-state index in [0.29, 0.717) is 12.0 Å². The van der Waals surface area contributed by atoms with E-state index in [1.54, 1.807) is 0 Å². The second kappa shape index (κ2) is 7.76. The fourth-order valence-corrected chi connectivity index (χ4v) is 4.13. The normalized spacial score (nSPS) is 22.9. The Labute approximate surface area is 165 Å². The number of hydrogen-bond donors (Lipinski definition) is 2. The van der Waals surface area contributed by atoms with E-state index in [4.69, 9.17) is 9.73 Å². The van der Waals surface area contributed by atoms with Gasteiger partial charge in [0.1, 0.15) is 11.8 Å². The summed E-state index contributed by atoms with van der Waals surface area (Å²) in [4.78, 5) is 12.9. The molecule has 0 saturated carbocycles. The van der Waals surface area contributed by atoms with Gasteiger partial charge in [0.15, 0.2) is 5.90 Å². The number of aromatic nitrogens is 2. The number of rotatable bonds is 3. The Balaban J connectivity index is 1.36. The molecule has 4 heterocycles. The summed E-state index contributed by atoms with van der Waals surface area (Å²) in [7, 11) is 0. The Morgan fingerprint density at radius 1 is 1.11 bits per heavy atom. The minimum atomic E-state index is 0.296. The highest BCUT2D eigenvalue weighted by Gasteiger charge is 2.19. The first-order chi connectivity index (χ1) is 13.8. The summed E-state index contributed by atoms with van der Waals surface area (Å²) in [5.41, 5.74) is 4.20. The molecule has 0 amide bonds. The summed E-state index contributed by atoms with van der Waals surface area (Å²) in [6.07, 6.45) is 18.1. The van der Waals surface area contributed by atoms with E-state index in [0.717, 1.165) is 73.4 Å². The summed E-state index contributed by atoms with van der Waals surface area (Å²) >= 11 is 0. The molecule has 3 aliphatic rings. The minimum absolute atomic E-state index is 0.296. The van der Waals surface area contributed by atoms with E-state index >= 15 is 0 Å². The summed E-state index contributed by atoms with van der Waals surface area (Å²) in [5.74, 6) is 1.28. The molecule has 0 bridgehead atoms. The van der Waals surface area contributed by atoms with Crippen LogP contribution in [-0.2, 0) is 4.74 Å². The monoisotopic (exact) mass is 374 g/mol. The molecule has 0 radical (unpaired) electrons. The van der Waals surface area contributed by atoms with Gasteiger partial charge in [-0.15, -0.1) is 0 Å². The van der Waals surface area contributed by atoms with Crippen LogP contribution in [0.1, 0.15) is 49.3 Å². The predicted molar refractivity (Wildman–Crippen MR) is 113 cm³/mol. The number of pyridine rings is 1. The first kappa shape index (κ1) is 17.4. The third-order valence-electron chi connectivity index (χ3n) is 5.70. The molecule has 2 N–H and O–H groups in total. The lowest BCUT2D eigenvalue weighted by Crippen LogP contribution is -2.34. The predicted octanol–water partition coefficient (Wildman–Crippen LogP) is 4.46. The van der Waals surface area contributed by atoms with E-state index in [2.05, 4.69) is 57.8 Å². The van der Waals surface area contributed by atoms with Gasteiger partial charge in [-0.05, 0) is 50.9 Å². The maximum atomic E-state index is 6.18. The van der Waals surface area contributed by atoms with Crippen LogP contribution in [0, 0.1) is 0 Å². The Hall–Kier alpha value is -2.66. The number of piperidine rings is 1. The third-order valence-corrected chi connectivity index (χ3v) is 5.70. The Morgan fingerprint density at radius 3 is 2.89 bits per heavy atom. The standard InChI is InChI=1S/C23H26N4O/c1-2-5-16(6-3-1)21-14-17-13-18(15-25-23(17)27-21)20-7-4-8-22(26-20)28-19-9-11-24-12-10-19/h1-3,5,7,13-16,19,24H,4,6,8-12H2,(H,25,27). The average Bonchev–Trinajstić information content (AvgIpc) is 3.19. The van der Waals surface area contributed by atoms with Crippen LogP contribution >= 0.6 is 0 Å². The smallest absolute Gasteiger partial charge is 0.188 e. The van der Waals surface area contributed by atoms with Crippen LogP contribution < -0.4 is 5.32 Å². The molecule has 0 aromatic carbocycles. The molecular weight excluding hydrogens is 348 g/mol. The highest BCUT2D eigenvalue weighted by molar-refractivity contribution is 5.88. The second-order valence-corrected chi connectivity index (χ2v) is 7.74. The van der Waals surface area contributed by atoms with Gasteiger partial charge in [0, 0.05) is 35.2 Å². The van der Waals surface area contributed by atoms with Gasteiger partial charge in [-0.3, -0.25) is 0 Å². The van der Waals surface area contributed by atoms with Gasteiger partial charge in [0.2, 0.25) is 0 Å². The van der Waals surface area contributed by atoms with Crippen molar-refractivity contribution in [1.29, 1.82) is 0 Å². The molecule has 144 valence electrons. The van der Waals surface area contributed by atoms with Crippen molar-refractivity contribution in [2.75, 3.05) is 13.1 Å². The summed E-state index contributed by atoms with van der Waals surface area (Å²) in [6, 6.07) is 4.41. The van der Waals surface area contributed by atoms with Gasteiger partial charge in [0.05, 0.1) is 5.70 Å². The molecule has 2 aromatic heterocycles. The molecule has 1 atom stereocenters. The van der Waals surface area contributed by atoms with Gasteiger partial charge < -0.3 is 15.0 Å². The fraction of sp³-hybridized carbons (Fsp3) is 0.391. The van der Waals surface area contributed by atoms with Gasteiger partial charge in [-0.25, -0.2) is 9.98 Å². The molecule has 1 unspecified atom stereocenters. The van der Waals surface area contributed by atoms with Crippen molar-refractivity contribution in [3.8, 4) is 0 Å². The molecule has 28 heavy (non-hydrogen) atoms. The topological polar surface area (TPSA) is 62.3 Å². The number of nitrogens with zero attached hydrogens (tertiary/aromatic N) is 2. The summed E-state index contributed by atoms with van der Waals surface area (Å²) < 4.78 is 6.18. The molecular formula is C23H26N4O. The maximum Gasteiger partial charge on any atom is 0.188 e. The van der Waals surface area contributed by atoms with E-state index in [-0.39, 0.29) is 0 Å². The van der Waals surface area contributed by atoms with Crippen LogP contribution in [0.25, 0.3) is 16.7 Å². The fourth-order valence-electron chi connectivity index (χ4n) is 4.13. The number of ether oxygens (including phenoxy) is 1. The lowest BCUT2D eigenvalue weighted by atomic mass is 9.97. The maximum absolute atomic E-state index is 6.18. The first-order valence-corrected chi connectivity index (χ1v) is 10.3. The SMILES string of the molecule is C1=CCC(c2cc3cc(C4=CCCC(OC5CCNCC5)=N4)cnc3[nH]2)C=C1. The molecule has 5 heteroatoms. The van der Waals surface area contributed by atoms with E-state index in [9.17, 15) is 0 Å². The summed E-state index contributed by atoms with van der Waals surface area (Å²) in [5, 5.41) is 4.52. The van der Waals surface area contributed by atoms with Gasteiger partial charge in [-0.2, -0.15) is 0 Å². The van der Waals surface area contributed by atoms with Crippen LogP contribution in [0.4, 0.5) is 0 Å². The third kappa shape index (κ3) is 3.67. The number of fused-ring (bicyclic) bond motifs is 1. The zero-order valence-corrected chi connectivity index (χ0v) is 16.0. The van der Waals surface area contributed by atoms with Crippen molar-refractivity contribution < 1.29 is 4.74 Å². The first-order valence-electron chi connectivity index (χ1n) is 10.3. The van der Waals surface area contributed by atoms with Crippen molar-refractivity contribution in [2.45, 2.75) is 44.1 Å². The Morgan fingerprint density at radius 2 is 2.04 bits per heavy atom. The lowest BCUT2D eigenvalue weighted by molar-refractivity contribution is 0.145. The van der Waals surface area contributed by atoms with Gasteiger partial charge in [0.25, 0.3) is 0 Å². The number of aromatic amines is 1. The van der Waals surface area contributed by atoms with Crippen LogP contribution in [0.5, 0.6) is 0 Å². The number of nitrogens with one attached hydrogen (secondary N) is 2. The molecule has 1 aliphatic carbocycles. The van der Waals surface area contributed by atoms with Crippen LogP contribution in [-0.4, -0.2) is 35.1 Å². The van der Waals surface area contributed by atoms with Crippen molar-refractivity contribution in [2.24, 2.45) is 4.99 Å². The zero-order chi connectivity index (χ0) is 18.8. The van der Waals surface area contributed by atoms with Crippen molar-refractivity contribution in [3.63, 3.8) is 0 Å². The van der Waals surface area contributed by atoms with Crippen LogP contribution in [0.3, 0.4) is 0 Å². The second-order valence-electron chi connectivity index (χ2n) is 7.74. The van der Waals surface area contributed by atoms with E-state index in [1.807, 2.05) is 6.20 Å². The lowest BCUT2D eigenvalue weighted by Gasteiger charge is -2.25. The van der Waals surface area contributed by atoms with Gasteiger partial charge >= 0.3 is 0 Å². The molecule has 1 saturated heterocycles. The Bertz CT molecular complexity index is 976. The zero-order valence-electron chi connectivity index (χ0n) is 16.0.